The number of hydrogen-bond donors (Lipinski definition) is 2. The van der Waals surface area contributed by atoms with E-state index in [4.69, 9.17) is 0 Å². The molecule has 5 nitrogen and oxygen atoms in total. The van der Waals surface area contributed by atoms with Gasteiger partial charge in [-0.3, -0.25) is 0 Å². The van der Waals surface area contributed by atoms with E-state index in [1.807, 2.05) is 18.5 Å². The van der Waals surface area contributed by atoms with Crippen LogP contribution < -0.4 is 10.6 Å². The van der Waals surface area contributed by atoms with Gasteiger partial charge in [0.15, 0.2) is 5.96 Å². The van der Waals surface area contributed by atoms with E-state index in [1.165, 1.54) is 10.4 Å². The number of nitrogens with one attached hydrogen (secondary N) is 2. The molecule has 0 atom stereocenters. The molecule has 0 aliphatic carbocycles. The summed E-state index contributed by atoms with van der Waals surface area (Å²) in [6.45, 7) is 5.49. The summed E-state index contributed by atoms with van der Waals surface area (Å²) < 4.78 is 2.20. The number of aryl methyl sites for hydroxylation is 1. The molecule has 0 radical (unpaired) electrons. The van der Waals surface area contributed by atoms with Crippen molar-refractivity contribution in [2.24, 2.45) is 4.99 Å². The van der Waals surface area contributed by atoms with Crippen molar-refractivity contribution in [1.82, 2.24) is 20.2 Å². The van der Waals surface area contributed by atoms with Crippen LogP contribution in [0, 0.1) is 0 Å². The average Bonchev–Trinajstić information content (AvgIpc) is 3.26. The lowest BCUT2D eigenvalue weighted by atomic mass is 10.3. The van der Waals surface area contributed by atoms with Gasteiger partial charge in [0, 0.05) is 24.5 Å². The van der Waals surface area contributed by atoms with Crippen LogP contribution in [0.25, 0.3) is 11.0 Å². The van der Waals surface area contributed by atoms with Crippen molar-refractivity contribution < 1.29 is 0 Å². The van der Waals surface area contributed by atoms with E-state index in [-0.39, 0.29) is 24.0 Å². The first kappa shape index (κ1) is 19.7. The number of nitrogens with zero attached hydrogens (tertiary/aromatic N) is 3. The van der Waals surface area contributed by atoms with Gasteiger partial charge in [-0.25, -0.2) is 9.98 Å². The second-order valence-corrected chi connectivity index (χ2v) is 6.51. The minimum absolute atomic E-state index is 0. The molecule has 0 amide bonds. The van der Waals surface area contributed by atoms with Gasteiger partial charge >= 0.3 is 0 Å². The van der Waals surface area contributed by atoms with Crippen LogP contribution in [0.4, 0.5) is 0 Å². The van der Waals surface area contributed by atoms with Gasteiger partial charge in [0.1, 0.15) is 0 Å². The van der Waals surface area contributed by atoms with E-state index in [9.17, 15) is 0 Å². The Morgan fingerprint density at radius 1 is 1.20 bits per heavy atom. The lowest BCUT2D eigenvalue weighted by molar-refractivity contribution is 0.637. The van der Waals surface area contributed by atoms with Crippen LogP contribution in [-0.2, 0) is 13.1 Å². The quantitative estimate of drug-likeness (QED) is 0.239. The predicted molar refractivity (Wildman–Crippen MR) is 117 cm³/mol. The van der Waals surface area contributed by atoms with Gasteiger partial charge in [-0.05, 0) is 36.9 Å². The Balaban J connectivity index is 0.00000225. The van der Waals surface area contributed by atoms with Crippen LogP contribution in [0.2, 0.25) is 0 Å². The predicted octanol–water partition coefficient (Wildman–Crippen LogP) is 3.86. The maximum absolute atomic E-state index is 4.63. The number of rotatable bonds is 7. The number of imidazole rings is 1. The summed E-state index contributed by atoms with van der Waals surface area (Å²) in [6, 6.07) is 12.4. The average molecular weight is 469 g/mol. The molecule has 0 saturated carbocycles. The van der Waals surface area contributed by atoms with Crippen molar-refractivity contribution in [1.29, 1.82) is 0 Å². The van der Waals surface area contributed by atoms with Gasteiger partial charge in [0.25, 0.3) is 0 Å². The highest BCUT2D eigenvalue weighted by atomic mass is 127. The summed E-state index contributed by atoms with van der Waals surface area (Å²) in [5, 5.41) is 8.78. The lowest BCUT2D eigenvalue weighted by Gasteiger charge is -2.11. The molecular weight excluding hydrogens is 445 g/mol. The van der Waals surface area contributed by atoms with Crippen molar-refractivity contribution in [2.75, 3.05) is 13.1 Å². The van der Waals surface area contributed by atoms with Crippen LogP contribution in [-0.4, -0.2) is 28.6 Å². The molecule has 2 N–H and O–H groups in total. The number of hydrogen-bond acceptors (Lipinski definition) is 3. The third-order valence-corrected chi connectivity index (χ3v) is 4.57. The standard InChI is InChI=1S/C18H23N5S.HI/c1-2-19-18(21-13-15-7-5-12-24-15)20-10-6-11-23-14-22-16-8-3-4-9-17(16)23;/h3-5,7-9,12,14H,2,6,10-11,13H2,1H3,(H2,19,20,21);1H. The Bertz CT molecular complexity index is 782. The molecule has 0 saturated heterocycles. The molecule has 0 fully saturated rings. The van der Waals surface area contributed by atoms with Crippen molar-refractivity contribution in [2.45, 2.75) is 26.4 Å². The maximum atomic E-state index is 4.63. The topological polar surface area (TPSA) is 54.2 Å². The summed E-state index contributed by atoms with van der Waals surface area (Å²) >= 11 is 1.74. The molecule has 25 heavy (non-hydrogen) atoms. The number of aliphatic imine (C=N–C) groups is 1. The van der Waals surface area contributed by atoms with Crippen molar-refractivity contribution >= 4 is 52.3 Å². The first-order valence-electron chi connectivity index (χ1n) is 8.31. The van der Waals surface area contributed by atoms with Crippen molar-refractivity contribution in [3.05, 3.63) is 53.0 Å². The summed E-state index contributed by atoms with van der Waals surface area (Å²) in [7, 11) is 0. The van der Waals surface area contributed by atoms with Crippen LogP contribution in [0.1, 0.15) is 18.2 Å². The van der Waals surface area contributed by atoms with Gasteiger partial charge in [-0.15, -0.1) is 35.3 Å². The number of guanidine groups is 1. The third-order valence-electron chi connectivity index (χ3n) is 3.71. The molecule has 0 aliphatic rings. The number of fused-ring (bicyclic) bond motifs is 1. The number of thiophene rings is 1. The Hall–Kier alpha value is -1.61. The number of para-hydroxylation sites is 2. The number of aromatic nitrogens is 2. The molecule has 7 heteroatoms. The number of benzene rings is 1. The van der Waals surface area contributed by atoms with Crippen LogP contribution >= 0.6 is 35.3 Å². The molecule has 2 heterocycles. The Morgan fingerprint density at radius 3 is 2.88 bits per heavy atom. The van der Waals surface area contributed by atoms with E-state index in [0.29, 0.717) is 0 Å². The normalized spacial score (nSPS) is 11.3. The molecule has 1 aromatic carbocycles. The van der Waals surface area contributed by atoms with Crippen molar-refractivity contribution in [3.63, 3.8) is 0 Å². The molecular formula is C18H24IN5S. The van der Waals surface area contributed by atoms with Gasteiger partial charge in [-0.2, -0.15) is 0 Å². The van der Waals surface area contributed by atoms with E-state index in [2.05, 4.69) is 61.7 Å². The maximum Gasteiger partial charge on any atom is 0.191 e. The third kappa shape index (κ3) is 5.71. The lowest BCUT2D eigenvalue weighted by Crippen LogP contribution is -2.38. The highest BCUT2D eigenvalue weighted by Crippen LogP contribution is 2.12. The van der Waals surface area contributed by atoms with Crippen LogP contribution in [0.5, 0.6) is 0 Å². The zero-order chi connectivity index (χ0) is 16.6. The Morgan fingerprint density at radius 2 is 2.08 bits per heavy atom. The SMILES string of the molecule is CCNC(=NCc1cccs1)NCCCn1cnc2ccccc21.I. The largest absolute Gasteiger partial charge is 0.357 e. The Labute approximate surface area is 169 Å². The first-order valence-corrected chi connectivity index (χ1v) is 9.19. The zero-order valence-electron chi connectivity index (χ0n) is 14.3. The van der Waals surface area contributed by atoms with Gasteiger partial charge < -0.3 is 15.2 Å². The van der Waals surface area contributed by atoms with Crippen LogP contribution in [0.3, 0.4) is 0 Å². The zero-order valence-corrected chi connectivity index (χ0v) is 17.5. The molecule has 0 aliphatic heterocycles. The summed E-state index contributed by atoms with van der Waals surface area (Å²) in [6.07, 6.45) is 2.94. The fourth-order valence-corrected chi connectivity index (χ4v) is 3.17. The molecule has 0 spiro atoms. The van der Waals surface area contributed by atoms with Crippen LogP contribution in [0.15, 0.2) is 53.1 Å². The van der Waals surface area contributed by atoms with Gasteiger partial charge in [0.2, 0.25) is 0 Å². The monoisotopic (exact) mass is 469 g/mol. The fraction of sp³-hybridized carbons (Fsp3) is 0.333. The molecule has 3 aromatic rings. The van der Waals surface area contributed by atoms with E-state index < -0.39 is 0 Å². The second kappa shape index (κ2) is 10.4. The van der Waals surface area contributed by atoms with Crippen molar-refractivity contribution in [3.8, 4) is 0 Å². The van der Waals surface area contributed by atoms with Gasteiger partial charge in [-0.1, -0.05) is 18.2 Å². The van der Waals surface area contributed by atoms with E-state index in [0.717, 1.165) is 44.1 Å². The molecule has 3 rings (SSSR count). The Kier molecular flexibility index (Phi) is 8.20. The minimum atomic E-state index is 0. The first-order chi connectivity index (χ1) is 11.9. The molecule has 0 bridgehead atoms. The minimum Gasteiger partial charge on any atom is -0.357 e. The highest BCUT2D eigenvalue weighted by Gasteiger charge is 2.02. The summed E-state index contributed by atoms with van der Waals surface area (Å²) in [4.78, 5) is 10.3. The second-order valence-electron chi connectivity index (χ2n) is 5.48. The highest BCUT2D eigenvalue weighted by molar-refractivity contribution is 14.0. The summed E-state index contributed by atoms with van der Waals surface area (Å²) in [5.74, 6) is 0.876. The fourth-order valence-electron chi connectivity index (χ4n) is 2.55. The molecule has 2 aromatic heterocycles. The van der Waals surface area contributed by atoms with E-state index >= 15 is 0 Å². The summed E-state index contributed by atoms with van der Waals surface area (Å²) in [5.41, 5.74) is 2.24. The van der Waals surface area contributed by atoms with E-state index in [1.54, 1.807) is 11.3 Å². The van der Waals surface area contributed by atoms with Gasteiger partial charge in [0.05, 0.1) is 23.9 Å². The smallest absolute Gasteiger partial charge is 0.191 e. The number of halogens is 1. The molecule has 0 unspecified atom stereocenters. The molecule has 134 valence electrons.